The van der Waals surface area contributed by atoms with Gasteiger partial charge < -0.3 is 10.2 Å². The molecule has 1 aliphatic heterocycles. The summed E-state index contributed by atoms with van der Waals surface area (Å²) < 4.78 is 0. The van der Waals surface area contributed by atoms with Crippen molar-refractivity contribution in [2.45, 2.75) is 25.9 Å². The maximum absolute atomic E-state index is 11.7. The van der Waals surface area contributed by atoms with E-state index >= 15 is 0 Å². The maximum atomic E-state index is 11.7. The molecule has 14 heavy (non-hydrogen) atoms. The molecule has 1 heterocycles. The lowest BCUT2D eigenvalue weighted by Gasteiger charge is -2.40. The van der Waals surface area contributed by atoms with E-state index < -0.39 is 0 Å². The molecule has 0 aromatic heterocycles. The van der Waals surface area contributed by atoms with E-state index in [1.165, 1.54) is 0 Å². The van der Waals surface area contributed by atoms with Gasteiger partial charge in [-0.2, -0.15) is 0 Å². The summed E-state index contributed by atoms with van der Waals surface area (Å²) >= 11 is 0. The average molecular weight is 199 g/mol. The van der Waals surface area contributed by atoms with E-state index in [1.54, 1.807) is 0 Å². The number of nitrogens with zero attached hydrogens (tertiary/aromatic N) is 2. The largest absolute Gasteiger partial charge is 0.343 e. The Morgan fingerprint density at radius 3 is 2.79 bits per heavy atom. The zero-order valence-corrected chi connectivity index (χ0v) is 9.58. The predicted octanol–water partition coefficient (Wildman–Crippen LogP) is -0.243. The topological polar surface area (TPSA) is 35.6 Å². The Bertz CT molecular complexity index is 208. The summed E-state index contributed by atoms with van der Waals surface area (Å²) in [6, 6.07) is 0.449. The fourth-order valence-corrected chi connectivity index (χ4v) is 2.04. The lowest BCUT2D eigenvalue weighted by molar-refractivity contribution is -0.140. The summed E-state index contributed by atoms with van der Waals surface area (Å²) in [6.45, 7) is 6.90. The molecular formula is C10H21N3O. The number of nitrogens with one attached hydrogen (secondary N) is 1. The molecule has 0 radical (unpaired) electrons. The van der Waals surface area contributed by atoms with Crippen LogP contribution in [-0.4, -0.2) is 61.5 Å². The van der Waals surface area contributed by atoms with Crippen LogP contribution in [0.1, 0.15) is 13.8 Å². The molecule has 0 spiro atoms. The molecule has 0 bridgehead atoms. The second-order valence-electron chi connectivity index (χ2n) is 4.08. The fraction of sp³-hybridized carbons (Fsp3) is 0.900. The lowest BCUT2D eigenvalue weighted by atomic mass is 10.1. The number of amides is 1. The van der Waals surface area contributed by atoms with Crippen molar-refractivity contribution < 1.29 is 4.79 Å². The Labute approximate surface area is 86.2 Å². The highest BCUT2D eigenvalue weighted by atomic mass is 16.2. The van der Waals surface area contributed by atoms with E-state index in [0.717, 1.165) is 19.6 Å². The Morgan fingerprint density at radius 1 is 1.57 bits per heavy atom. The van der Waals surface area contributed by atoms with Crippen LogP contribution >= 0.6 is 0 Å². The molecular weight excluding hydrogens is 178 g/mol. The van der Waals surface area contributed by atoms with Crippen LogP contribution in [0.2, 0.25) is 0 Å². The number of hydrogen-bond acceptors (Lipinski definition) is 3. The van der Waals surface area contributed by atoms with Gasteiger partial charge >= 0.3 is 0 Å². The highest BCUT2D eigenvalue weighted by Gasteiger charge is 2.31. The Balaban J connectivity index is 2.58. The number of likely N-dealkylation sites (N-methyl/N-ethyl adjacent to an activating group) is 2. The number of rotatable bonds is 3. The van der Waals surface area contributed by atoms with Crippen LogP contribution in [0.15, 0.2) is 0 Å². The Kier molecular flexibility index (Phi) is 3.89. The van der Waals surface area contributed by atoms with Crippen LogP contribution in [-0.2, 0) is 4.79 Å². The minimum Gasteiger partial charge on any atom is -0.343 e. The van der Waals surface area contributed by atoms with Gasteiger partial charge in [-0.15, -0.1) is 0 Å². The summed E-state index contributed by atoms with van der Waals surface area (Å²) in [5.74, 6) is 0.235. The van der Waals surface area contributed by atoms with Gasteiger partial charge in [-0.1, -0.05) is 0 Å². The van der Waals surface area contributed by atoms with E-state index in [-0.39, 0.29) is 11.9 Å². The maximum Gasteiger partial charge on any atom is 0.239 e. The zero-order chi connectivity index (χ0) is 10.7. The van der Waals surface area contributed by atoms with E-state index in [0.29, 0.717) is 6.04 Å². The van der Waals surface area contributed by atoms with Crippen molar-refractivity contribution in [1.82, 2.24) is 15.1 Å². The number of carbonyl (C=O) groups is 1. The lowest BCUT2D eigenvalue weighted by Crippen LogP contribution is -2.58. The molecule has 2 atom stereocenters. The van der Waals surface area contributed by atoms with E-state index in [4.69, 9.17) is 0 Å². The van der Waals surface area contributed by atoms with Crippen LogP contribution < -0.4 is 5.32 Å². The van der Waals surface area contributed by atoms with Crippen molar-refractivity contribution >= 4 is 5.91 Å². The van der Waals surface area contributed by atoms with Gasteiger partial charge in [0, 0.05) is 32.7 Å². The summed E-state index contributed by atoms with van der Waals surface area (Å²) in [5, 5.41) is 3.14. The molecule has 0 aliphatic carbocycles. The first kappa shape index (κ1) is 11.5. The van der Waals surface area contributed by atoms with Crippen molar-refractivity contribution in [3.05, 3.63) is 0 Å². The van der Waals surface area contributed by atoms with Crippen LogP contribution in [0.4, 0.5) is 0 Å². The summed E-state index contributed by atoms with van der Waals surface area (Å²) in [6.07, 6.45) is 0. The molecule has 1 N–H and O–H groups in total. The molecule has 2 unspecified atom stereocenters. The second-order valence-corrected chi connectivity index (χ2v) is 4.08. The quantitative estimate of drug-likeness (QED) is 0.681. The first-order chi connectivity index (χ1) is 6.57. The summed E-state index contributed by atoms with van der Waals surface area (Å²) in [4.78, 5) is 15.8. The summed E-state index contributed by atoms with van der Waals surface area (Å²) in [7, 11) is 3.82. The number of piperazine rings is 1. The fourth-order valence-electron chi connectivity index (χ4n) is 2.04. The average Bonchev–Trinajstić information content (AvgIpc) is 2.15. The molecule has 82 valence electrons. The predicted molar refractivity (Wildman–Crippen MR) is 57.2 cm³/mol. The second kappa shape index (κ2) is 4.75. The van der Waals surface area contributed by atoms with Crippen LogP contribution in [0.25, 0.3) is 0 Å². The molecule has 0 aromatic carbocycles. The van der Waals surface area contributed by atoms with Gasteiger partial charge in [0.2, 0.25) is 5.91 Å². The van der Waals surface area contributed by atoms with E-state index in [2.05, 4.69) is 17.1 Å². The van der Waals surface area contributed by atoms with Crippen molar-refractivity contribution in [3.63, 3.8) is 0 Å². The highest BCUT2D eigenvalue weighted by molar-refractivity contribution is 5.82. The Hall–Kier alpha value is -0.610. The van der Waals surface area contributed by atoms with Gasteiger partial charge in [0.25, 0.3) is 0 Å². The molecule has 1 aliphatic rings. The normalized spacial score (nSPS) is 26.7. The molecule has 1 fully saturated rings. The smallest absolute Gasteiger partial charge is 0.239 e. The van der Waals surface area contributed by atoms with E-state index in [9.17, 15) is 4.79 Å². The van der Waals surface area contributed by atoms with E-state index in [1.807, 2.05) is 25.9 Å². The van der Waals surface area contributed by atoms with Crippen molar-refractivity contribution in [2.24, 2.45) is 0 Å². The first-order valence-corrected chi connectivity index (χ1v) is 5.23. The summed E-state index contributed by atoms with van der Waals surface area (Å²) in [5.41, 5.74) is 0. The van der Waals surface area contributed by atoms with Crippen LogP contribution in [0.3, 0.4) is 0 Å². The number of hydrogen-bond donors (Lipinski definition) is 1. The standard InChI is InChI=1S/C10H21N3O/c1-8(7-11-3)13-6-5-12(4)10(14)9(13)2/h8-9,11H,5-7H2,1-4H3. The van der Waals surface area contributed by atoms with Crippen LogP contribution in [0.5, 0.6) is 0 Å². The third-order valence-corrected chi connectivity index (χ3v) is 2.99. The van der Waals surface area contributed by atoms with Gasteiger partial charge in [0.05, 0.1) is 6.04 Å². The highest BCUT2D eigenvalue weighted by Crippen LogP contribution is 2.12. The molecule has 1 saturated heterocycles. The van der Waals surface area contributed by atoms with Gasteiger partial charge in [-0.3, -0.25) is 9.69 Å². The van der Waals surface area contributed by atoms with Gasteiger partial charge in [0.1, 0.15) is 0 Å². The molecule has 4 nitrogen and oxygen atoms in total. The monoisotopic (exact) mass is 199 g/mol. The van der Waals surface area contributed by atoms with Gasteiger partial charge in [-0.05, 0) is 20.9 Å². The Morgan fingerprint density at radius 2 is 2.21 bits per heavy atom. The van der Waals surface area contributed by atoms with Crippen molar-refractivity contribution in [3.8, 4) is 0 Å². The minimum atomic E-state index is 0.0251. The SMILES string of the molecule is CNCC(C)N1CCN(C)C(=O)C1C. The third-order valence-electron chi connectivity index (χ3n) is 2.99. The minimum absolute atomic E-state index is 0.0251. The van der Waals surface area contributed by atoms with Gasteiger partial charge in [0.15, 0.2) is 0 Å². The zero-order valence-electron chi connectivity index (χ0n) is 9.58. The van der Waals surface area contributed by atoms with Crippen molar-refractivity contribution in [1.29, 1.82) is 0 Å². The van der Waals surface area contributed by atoms with Crippen LogP contribution in [0, 0.1) is 0 Å². The van der Waals surface area contributed by atoms with Gasteiger partial charge in [-0.25, -0.2) is 0 Å². The molecule has 1 amide bonds. The number of carbonyl (C=O) groups excluding carboxylic acids is 1. The first-order valence-electron chi connectivity index (χ1n) is 5.23. The molecule has 1 rings (SSSR count). The molecule has 0 saturated carbocycles. The molecule has 0 aromatic rings. The van der Waals surface area contributed by atoms with Crippen molar-refractivity contribution in [2.75, 3.05) is 33.7 Å². The third kappa shape index (κ3) is 2.25. The molecule has 4 heteroatoms.